The fourth-order valence-electron chi connectivity index (χ4n) is 2.29. The molecule has 3 rings (SSSR count). The molecule has 0 aliphatic heterocycles. The van der Waals surface area contributed by atoms with Gasteiger partial charge in [0, 0.05) is 16.9 Å². The maximum absolute atomic E-state index is 12.3. The van der Waals surface area contributed by atoms with Crippen LogP contribution >= 0.6 is 11.3 Å². The van der Waals surface area contributed by atoms with E-state index in [9.17, 15) is 19.5 Å². The zero-order valence-electron chi connectivity index (χ0n) is 13.8. The molecule has 4 N–H and O–H groups in total. The highest BCUT2D eigenvalue weighted by Crippen LogP contribution is 2.22. The Bertz CT molecular complexity index is 997. The highest BCUT2D eigenvalue weighted by atomic mass is 32.1. The molecule has 1 aromatic heterocycles. The molecule has 0 radical (unpaired) electrons. The fraction of sp³-hybridized carbons (Fsp3) is 0. The summed E-state index contributed by atoms with van der Waals surface area (Å²) < 4.78 is 0. The number of aromatic carboxylic acids is 1. The average Bonchev–Trinajstić information content (AvgIpc) is 3.18. The molecule has 3 aromatic rings. The lowest BCUT2D eigenvalue weighted by Crippen LogP contribution is -2.13. The standard InChI is InChI=1S/C19H14N2O5S/c22-15-8-7-13(10-14(15)19(25)26)21-17(23)11-3-5-12(6-4-11)20-18(24)16-2-1-9-27-16/h1-10,22H,(H,20,24)(H,21,23)(H,25,26). The highest BCUT2D eigenvalue weighted by molar-refractivity contribution is 7.12. The number of amides is 2. The lowest BCUT2D eigenvalue weighted by molar-refractivity contribution is 0.0693. The van der Waals surface area contributed by atoms with E-state index < -0.39 is 11.9 Å². The van der Waals surface area contributed by atoms with Crippen LogP contribution in [0.2, 0.25) is 0 Å². The number of anilines is 2. The van der Waals surface area contributed by atoms with E-state index in [-0.39, 0.29) is 22.9 Å². The predicted molar refractivity (Wildman–Crippen MR) is 102 cm³/mol. The zero-order valence-corrected chi connectivity index (χ0v) is 14.6. The van der Waals surface area contributed by atoms with Gasteiger partial charge in [0.1, 0.15) is 11.3 Å². The number of rotatable bonds is 5. The van der Waals surface area contributed by atoms with E-state index in [4.69, 9.17) is 5.11 Å². The maximum Gasteiger partial charge on any atom is 0.339 e. The quantitative estimate of drug-likeness (QED) is 0.503. The normalized spacial score (nSPS) is 10.2. The van der Waals surface area contributed by atoms with Gasteiger partial charge in [-0.15, -0.1) is 11.3 Å². The topological polar surface area (TPSA) is 116 Å². The SMILES string of the molecule is O=C(Nc1ccc(O)c(C(=O)O)c1)c1ccc(NC(=O)c2cccs2)cc1. The number of aromatic hydroxyl groups is 1. The van der Waals surface area contributed by atoms with Crippen molar-refractivity contribution in [3.05, 3.63) is 76.0 Å². The van der Waals surface area contributed by atoms with Crippen LogP contribution in [-0.2, 0) is 0 Å². The lowest BCUT2D eigenvalue weighted by atomic mass is 10.1. The summed E-state index contributed by atoms with van der Waals surface area (Å²) in [5, 5.41) is 25.6. The van der Waals surface area contributed by atoms with Crippen molar-refractivity contribution < 1.29 is 24.6 Å². The number of benzene rings is 2. The van der Waals surface area contributed by atoms with Crippen LogP contribution in [0.15, 0.2) is 60.0 Å². The van der Waals surface area contributed by atoms with Crippen LogP contribution in [-0.4, -0.2) is 28.0 Å². The van der Waals surface area contributed by atoms with Crippen molar-refractivity contribution >= 4 is 40.5 Å². The minimum absolute atomic E-state index is 0.229. The van der Waals surface area contributed by atoms with Crippen molar-refractivity contribution in [1.82, 2.24) is 0 Å². The van der Waals surface area contributed by atoms with Gasteiger partial charge >= 0.3 is 5.97 Å². The Balaban J connectivity index is 1.68. The van der Waals surface area contributed by atoms with Gasteiger partial charge in [0.2, 0.25) is 0 Å². The predicted octanol–water partition coefficient (Wildman–Crippen LogP) is 3.66. The number of carboxylic acid groups (broad SMARTS) is 1. The van der Waals surface area contributed by atoms with Gasteiger partial charge in [-0.1, -0.05) is 6.07 Å². The van der Waals surface area contributed by atoms with Crippen LogP contribution in [0.5, 0.6) is 5.75 Å². The van der Waals surface area contributed by atoms with E-state index in [2.05, 4.69) is 10.6 Å². The number of carbonyl (C=O) groups is 3. The summed E-state index contributed by atoms with van der Waals surface area (Å²) >= 11 is 1.33. The molecule has 136 valence electrons. The van der Waals surface area contributed by atoms with Gasteiger partial charge in [0.25, 0.3) is 11.8 Å². The molecular formula is C19H14N2O5S. The minimum Gasteiger partial charge on any atom is -0.507 e. The van der Waals surface area contributed by atoms with Crippen molar-refractivity contribution in [1.29, 1.82) is 0 Å². The van der Waals surface area contributed by atoms with E-state index in [0.29, 0.717) is 16.1 Å². The Morgan fingerprint density at radius 2 is 1.52 bits per heavy atom. The minimum atomic E-state index is -1.30. The van der Waals surface area contributed by atoms with Gasteiger partial charge in [-0.25, -0.2) is 4.79 Å². The summed E-state index contributed by atoms with van der Waals surface area (Å²) in [5.74, 6) is -2.36. The van der Waals surface area contributed by atoms with Crippen LogP contribution in [0.3, 0.4) is 0 Å². The molecule has 1 heterocycles. The molecule has 0 saturated carbocycles. The molecular weight excluding hydrogens is 368 g/mol. The third kappa shape index (κ3) is 4.31. The second-order valence-corrected chi connectivity index (χ2v) is 6.45. The molecule has 0 spiro atoms. The number of phenols is 1. The largest absolute Gasteiger partial charge is 0.507 e. The Kier molecular flexibility index (Phi) is 5.18. The Hall–Kier alpha value is -3.65. The van der Waals surface area contributed by atoms with Crippen LogP contribution in [0.25, 0.3) is 0 Å². The summed E-state index contributed by atoms with van der Waals surface area (Å²) in [6, 6.07) is 13.5. The first-order valence-electron chi connectivity index (χ1n) is 7.76. The van der Waals surface area contributed by atoms with Crippen LogP contribution < -0.4 is 10.6 Å². The average molecular weight is 382 g/mol. The number of thiophene rings is 1. The van der Waals surface area contributed by atoms with Crippen molar-refractivity contribution in [3.63, 3.8) is 0 Å². The summed E-state index contributed by atoms with van der Waals surface area (Å²) in [4.78, 5) is 35.9. The van der Waals surface area contributed by atoms with Crippen molar-refractivity contribution in [2.45, 2.75) is 0 Å². The van der Waals surface area contributed by atoms with E-state index in [1.807, 2.05) is 0 Å². The number of carboxylic acids is 1. The van der Waals surface area contributed by atoms with Gasteiger partial charge < -0.3 is 20.8 Å². The Morgan fingerprint density at radius 3 is 2.15 bits per heavy atom. The molecule has 2 amide bonds. The van der Waals surface area contributed by atoms with Crippen LogP contribution in [0.1, 0.15) is 30.4 Å². The van der Waals surface area contributed by atoms with E-state index in [1.165, 1.54) is 41.7 Å². The second kappa shape index (κ2) is 7.71. The van der Waals surface area contributed by atoms with Crippen molar-refractivity contribution in [2.75, 3.05) is 10.6 Å². The van der Waals surface area contributed by atoms with Gasteiger partial charge in [0.15, 0.2) is 0 Å². The molecule has 8 heteroatoms. The Labute approximate surface area is 157 Å². The molecule has 0 unspecified atom stereocenters. The van der Waals surface area contributed by atoms with Crippen LogP contribution in [0, 0.1) is 0 Å². The van der Waals surface area contributed by atoms with Crippen molar-refractivity contribution in [3.8, 4) is 5.75 Å². The number of carbonyl (C=O) groups excluding carboxylic acids is 2. The third-order valence-electron chi connectivity index (χ3n) is 3.63. The zero-order chi connectivity index (χ0) is 19.4. The van der Waals surface area contributed by atoms with Gasteiger partial charge in [-0.05, 0) is 53.9 Å². The molecule has 0 fully saturated rings. The summed E-state index contributed by atoms with van der Waals surface area (Å²) in [5.41, 5.74) is 0.807. The molecule has 0 aliphatic carbocycles. The van der Waals surface area contributed by atoms with Gasteiger partial charge in [0.05, 0.1) is 4.88 Å². The van der Waals surface area contributed by atoms with Crippen LogP contribution in [0.4, 0.5) is 11.4 Å². The molecule has 0 atom stereocenters. The molecule has 7 nitrogen and oxygen atoms in total. The third-order valence-corrected chi connectivity index (χ3v) is 4.50. The maximum atomic E-state index is 12.3. The second-order valence-electron chi connectivity index (χ2n) is 5.50. The first-order chi connectivity index (χ1) is 12.9. The Morgan fingerprint density at radius 1 is 0.852 bits per heavy atom. The van der Waals surface area contributed by atoms with E-state index in [0.717, 1.165) is 0 Å². The van der Waals surface area contributed by atoms with Gasteiger partial charge in [-0.3, -0.25) is 9.59 Å². The first-order valence-corrected chi connectivity index (χ1v) is 8.64. The smallest absolute Gasteiger partial charge is 0.339 e. The lowest BCUT2D eigenvalue weighted by Gasteiger charge is -2.08. The van der Waals surface area contributed by atoms with Crippen molar-refractivity contribution in [2.24, 2.45) is 0 Å². The number of nitrogens with one attached hydrogen (secondary N) is 2. The monoisotopic (exact) mass is 382 g/mol. The fourth-order valence-corrected chi connectivity index (χ4v) is 2.91. The molecule has 2 aromatic carbocycles. The molecule has 0 bridgehead atoms. The first kappa shape index (κ1) is 18.2. The summed E-state index contributed by atoms with van der Waals surface area (Å²) in [6.45, 7) is 0. The molecule has 0 aliphatic rings. The summed E-state index contributed by atoms with van der Waals surface area (Å²) in [7, 11) is 0. The van der Waals surface area contributed by atoms with Gasteiger partial charge in [-0.2, -0.15) is 0 Å². The highest BCUT2D eigenvalue weighted by Gasteiger charge is 2.13. The number of hydrogen-bond acceptors (Lipinski definition) is 5. The summed E-state index contributed by atoms with van der Waals surface area (Å²) in [6.07, 6.45) is 0. The number of hydrogen-bond donors (Lipinski definition) is 4. The molecule has 27 heavy (non-hydrogen) atoms. The molecule has 0 saturated heterocycles. The van der Waals surface area contributed by atoms with E-state index >= 15 is 0 Å². The van der Waals surface area contributed by atoms with E-state index in [1.54, 1.807) is 29.6 Å².